The first kappa shape index (κ1) is 19.6. The highest BCUT2D eigenvalue weighted by Crippen LogP contribution is 2.27. The number of ether oxygens (including phenoxy) is 1. The van der Waals surface area contributed by atoms with Crippen molar-refractivity contribution in [1.82, 2.24) is 9.97 Å². The van der Waals surface area contributed by atoms with E-state index in [1.807, 2.05) is 0 Å². The van der Waals surface area contributed by atoms with Crippen molar-refractivity contribution >= 4 is 57.6 Å². The fourth-order valence-electron chi connectivity index (χ4n) is 2.47. The van der Waals surface area contributed by atoms with Gasteiger partial charge in [-0.3, -0.25) is 10.1 Å². The van der Waals surface area contributed by atoms with E-state index in [0.29, 0.717) is 26.6 Å². The van der Waals surface area contributed by atoms with Crippen LogP contribution in [0.1, 0.15) is 5.56 Å². The molecule has 144 valence electrons. The molecule has 1 heterocycles. The maximum atomic E-state index is 12.1. The van der Waals surface area contributed by atoms with Gasteiger partial charge in [0, 0.05) is 18.1 Å². The molecule has 0 atom stereocenters. The van der Waals surface area contributed by atoms with Crippen molar-refractivity contribution in [2.45, 2.75) is 6.42 Å². The monoisotopic (exact) mass is 421 g/mol. The number of hydrogen-bond acceptors (Lipinski definition) is 7. The molecule has 0 unspecified atom stereocenters. The number of hydrogen-bond donors (Lipinski definition) is 2. The van der Waals surface area contributed by atoms with E-state index in [1.54, 1.807) is 30.3 Å². The maximum absolute atomic E-state index is 12.1. The number of aromatic amines is 1. The molecule has 0 saturated heterocycles. The van der Waals surface area contributed by atoms with Crippen LogP contribution in [0.2, 0.25) is 10.0 Å². The lowest BCUT2D eigenvalue weighted by molar-refractivity contribution is -0.385. The van der Waals surface area contributed by atoms with Crippen LogP contribution in [-0.2, 0) is 16.0 Å². The first-order valence-electron chi connectivity index (χ1n) is 7.87. The summed E-state index contributed by atoms with van der Waals surface area (Å²) in [5, 5.41) is 15.9. The van der Waals surface area contributed by atoms with Crippen LogP contribution in [0.25, 0.3) is 11.0 Å². The summed E-state index contributed by atoms with van der Waals surface area (Å²) in [6.45, 7) is 0. The fourth-order valence-corrected chi connectivity index (χ4v) is 2.79. The van der Waals surface area contributed by atoms with E-state index >= 15 is 0 Å². The van der Waals surface area contributed by atoms with E-state index in [2.05, 4.69) is 20.5 Å². The summed E-state index contributed by atoms with van der Waals surface area (Å²) < 4.78 is 4.72. The van der Waals surface area contributed by atoms with Gasteiger partial charge in [-0.1, -0.05) is 41.4 Å². The first-order valence-corrected chi connectivity index (χ1v) is 8.62. The van der Waals surface area contributed by atoms with Gasteiger partial charge in [-0.25, -0.2) is 15.2 Å². The number of para-hydroxylation sites is 1. The zero-order valence-corrected chi connectivity index (χ0v) is 15.9. The Balaban J connectivity index is 1.89. The quantitative estimate of drug-likeness (QED) is 0.268. The van der Waals surface area contributed by atoms with E-state index in [-0.39, 0.29) is 23.8 Å². The third kappa shape index (κ3) is 4.21. The Morgan fingerprint density at radius 1 is 1.32 bits per heavy atom. The fraction of sp³-hybridized carbons (Fsp3) is 0.118. The van der Waals surface area contributed by atoms with Gasteiger partial charge in [-0.15, -0.1) is 0 Å². The number of imidazole rings is 1. The second-order valence-electron chi connectivity index (χ2n) is 5.59. The molecule has 0 radical (unpaired) electrons. The molecule has 2 N–H and O–H groups in total. The molecule has 0 amide bonds. The highest BCUT2D eigenvalue weighted by atomic mass is 35.5. The average molecular weight is 422 g/mol. The number of carbonyl (C=O) groups excluding carboxylic acids is 1. The molecular formula is C17H13Cl2N5O4. The van der Waals surface area contributed by atoms with Crippen LogP contribution in [0.15, 0.2) is 41.5 Å². The summed E-state index contributed by atoms with van der Waals surface area (Å²) in [4.78, 5) is 29.9. The number of H-pyrrole nitrogens is 1. The van der Waals surface area contributed by atoms with Crippen molar-refractivity contribution in [2.75, 3.05) is 12.5 Å². The minimum Gasteiger partial charge on any atom is -0.464 e. The number of fused-ring (bicyclic) bond motifs is 1. The zero-order chi connectivity index (χ0) is 20.3. The number of carbonyl (C=O) groups is 1. The minimum absolute atomic E-state index is 0.0617. The van der Waals surface area contributed by atoms with Crippen LogP contribution in [0.4, 0.5) is 11.6 Å². The number of benzene rings is 2. The number of halogens is 2. The lowest BCUT2D eigenvalue weighted by atomic mass is 10.1. The molecule has 0 fully saturated rings. The number of rotatable bonds is 6. The Bertz CT molecular complexity index is 1060. The highest BCUT2D eigenvalue weighted by Gasteiger charge is 2.20. The van der Waals surface area contributed by atoms with Gasteiger partial charge in [0.15, 0.2) is 5.71 Å². The number of methoxy groups -OCH3 is 1. The van der Waals surface area contributed by atoms with E-state index < -0.39 is 10.9 Å². The Morgan fingerprint density at radius 2 is 2.04 bits per heavy atom. The number of nitro benzene ring substituents is 1. The number of hydrazone groups is 1. The summed E-state index contributed by atoms with van der Waals surface area (Å²) in [7, 11) is 1.20. The number of anilines is 1. The summed E-state index contributed by atoms with van der Waals surface area (Å²) in [5.74, 6) is -0.495. The van der Waals surface area contributed by atoms with Crippen molar-refractivity contribution in [3.8, 4) is 0 Å². The lowest BCUT2D eigenvalue weighted by Gasteiger charge is -2.06. The number of esters is 1. The van der Waals surface area contributed by atoms with Gasteiger partial charge in [-0.05, 0) is 12.1 Å². The predicted molar refractivity (Wildman–Crippen MR) is 106 cm³/mol. The van der Waals surface area contributed by atoms with Gasteiger partial charge in [-0.2, -0.15) is 5.10 Å². The molecule has 0 bridgehead atoms. The van der Waals surface area contributed by atoms with Crippen LogP contribution in [0.3, 0.4) is 0 Å². The van der Waals surface area contributed by atoms with Crippen LogP contribution < -0.4 is 5.43 Å². The highest BCUT2D eigenvalue weighted by molar-refractivity contribution is 6.42. The van der Waals surface area contributed by atoms with Gasteiger partial charge in [0.25, 0.3) is 5.69 Å². The molecule has 0 aliphatic heterocycles. The van der Waals surface area contributed by atoms with Crippen LogP contribution in [0.5, 0.6) is 0 Å². The van der Waals surface area contributed by atoms with Crippen molar-refractivity contribution in [1.29, 1.82) is 0 Å². The van der Waals surface area contributed by atoms with Gasteiger partial charge in [0.2, 0.25) is 5.95 Å². The smallest absolute Gasteiger partial charge is 0.354 e. The zero-order valence-electron chi connectivity index (χ0n) is 14.4. The number of nitrogens with one attached hydrogen (secondary N) is 2. The third-order valence-electron chi connectivity index (χ3n) is 3.79. The molecule has 0 saturated carbocycles. The standard InChI is InChI=1S/C17H13Cl2N5O4/c1-28-16(25)14(6-9-4-2-3-5-15(9)24(26)27)22-23-17-20-12-7-10(18)11(19)8-13(12)21-17/h2-5,7-8H,6H2,1H3,(H2,20,21,23)/b22-14+. The minimum atomic E-state index is -0.729. The molecule has 2 aromatic carbocycles. The third-order valence-corrected chi connectivity index (χ3v) is 4.51. The molecule has 3 aromatic rings. The normalized spacial score (nSPS) is 11.5. The SMILES string of the molecule is COC(=O)/C(Cc1ccccc1[N+](=O)[O-])=N/Nc1nc2cc(Cl)c(Cl)cc2[nH]1. The van der Waals surface area contributed by atoms with Gasteiger partial charge < -0.3 is 9.72 Å². The summed E-state index contributed by atoms with van der Waals surface area (Å²) in [6.07, 6.45) is -0.102. The van der Waals surface area contributed by atoms with E-state index in [1.165, 1.54) is 13.2 Å². The van der Waals surface area contributed by atoms with E-state index in [4.69, 9.17) is 27.9 Å². The second-order valence-corrected chi connectivity index (χ2v) is 6.41. The largest absolute Gasteiger partial charge is 0.464 e. The number of nitro groups is 1. The van der Waals surface area contributed by atoms with Gasteiger partial charge >= 0.3 is 5.97 Å². The van der Waals surface area contributed by atoms with E-state index in [0.717, 1.165) is 0 Å². The molecule has 28 heavy (non-hydrogen) atoms. The Labute approximate surface area is 168 Å². The Kier molecular flexibility index (Phi) is 5.76. The van der Waals surface area contributed by atoms with Gasteiger partial charge in [0.05, 0.1) is 33.1 Å². The number of aromatic nitrogens is 2. The Morgan fingerprint density at radius 3 is 2.75 bits per heavy atom. The number of nitrogens with zero attached hydrogens (tertiary/aromatic N) is 3. The second kappa shape index (κ2) is 8.24. The summed E-state index contributed by atoms with van der Waals surface area (Å²) >= 11 is 11.9. The van der Waals surface area contributed by atoms with Gasteiger partial charge in [0.1, 0.15) is 0 Å². The molecular weight excluding hydrogens is 409 g/mol. The van der Waals surface area contributed by atoms with Crippen molar-refractivity contribution in [2.24, 2.45) is 5.10 Å². The summed E-state index contributed by atoms with van der Waals surface area (Å²) in [6, 6.07) is 9.26. The molecule has 9 nitrogen and oxygen atoms in total. The van der Waals surface area contributed by atoms with E-state index in [9.17, 15) is 14.9 Å². The van der Waals surface area contributed by atoms with Crippen LogP contribution in [-0.4, -0.2) is 33.7 Å². The molecule has 0 spiro atoms. The molecule has 11 heteroatoms. The van der Waals surface area contributed by atoms with Crippen molar-refractivity contribution in [3.05, 3.63) is 62.1 Å². The molecule has 3 rings (SSSR count). The van der Waals surface area contributed by atoms with Crippen molar-refractivity contribution < 1.29 is 14.5 Å². The van der Waals surface area contributed by atoms with Crippen LogP contribution >= 0.6 is 23.2 Å². The lowest BCUT2D eigenvalue weighted by Crippen LogP contribution is -2.20. The molecule has 0 aliphatic carbocycles. The first-order chi connectivity index (χ1) is 13.4. The topological polar surface area (TPSA) is 123 Å². The summed E-state index contributed by atoms with van der Waals surface area (Å²) in [5.41, 5.74) is 3.93. The maximum Gasteiger partial charge on any atom is 0.354 e. The van der Waals surface area contributed by atoms with Crippen LogP contribution in [0, 0.1) is 10.1 Å². The molecule has 1 aromatic heterocycles. The van der Waals surface area contributed by atoms with Crippen molar-refractivity contribution in [3.63, 3.8) is 0 Å². The Hall–Kier alpha value is -3.17. The predicted octanol–water partition coefficient (Wildman–Crippen LogP) is 3.96. The average Bonchev–Trinajstić information content (AvgIpc) is 3.06. The molecule has 0 aliphatic rings.